The fourth-order valence-corrected chi connectivity index (χ4v) is 6.66. The number of sulfonamides is 1. The average molecular weight is 566 g/mol. The fraction of sp³-hybridized carbons (Fsp3) is 0.276. The van der Waals surface area contributed by atoms with Gasteiger partial charge in [0.2, 0.25) is 10.0 Å². The molecule has 39 heavy (non-hydrogen) atoms. The second-order valence-electron chi connectivity index (χ2n) is 8.75. The molecule has 0 radical (unpaired) electrons. The molecule has 2 heterocycles. The van der Waals surface area contributed by atoms with Gasteiger partial charge in [-0.25, -0.2) is 13.4 Å². The van der Waals surface area contributed by atoms with Crippen molar-refractivity contribution in [2.24, 2.45) is 4.99 Å². The van der Waals surface area contributed by atoms with E-state index >= 15 is 0 Å². The maximum atomic E-state index is 13.1. The van der Waals surface area contributed by atoms with Crippen molar-refractivity contribution in [1.29, 1.82) is 0 Å². The van der Waals surface area contributed by atoms with Crippen molar-refractivity contribution in [2.45, 2.75) is 18.7 Å². The molecule has 0 bridgehead atoms. The van der Waals surface area contributed by atoms with E-state index in [1.165, 1.54) is 15.6 Å². The predicted molar refractivity (Wildman–Crippen MR) is 153 cm³/mol. The summed E-state index contributed by atoms with van der Waals surface area (Å²) in [6, 6.07) is 22.6. The smallest absolute Gasteiger partial charge is 0.243 e. The van der Waals surface area contributed by atoms with Crippen LogP contribution in [0.1, 0.15) is 13.8 Å². The minimum absolute atomic E-state index is 0.273. The Morgan fingerprint density at radius 2 is 1.44 bits per heavy atom. The van der Waals surface area contributed by atoms with Gasteiger partial charge < -0.3 is 14.2 Å². The number of hydrogen-bond acceptors (Lipinski definition) is 7. The first-order chi connectivity index (χ1) is 19.0. The minimum atomic E-state index is -3.57. The molecule has 0 saturated carbocycles. The molecule has 0 atom stereocenters. The van der Waals surface area contributed by atoms with E-state index in [0.717, 1.165) is 38.9 Å². The lowest BCUT2D eigenvalue weighted by Gasteiger charge is -2.26. The first kappa shape index (κ1) is 27.1. The standard InChI is InChI=1S/C29H31N3O5S2/c1-3-36-25-11-7-23(8-12-25)30-29-32(24-9-13-26(14-10-24)37-4-2)28(21-38-29)22-5-15-27(16-6-22)39(33,34)31-17-19-35-20-18-31/h5-16,21H,3-4,17-20H2,1-2H3. The first-order valence-electron chi connectivity index (χ1n) is 12.9. The average Bonchev–Trinajstić information content (AvgIpc) is 3.39. The summed E-state index contributed by atoms with van der Waals surface area (Å²) in [6.45, 7) is 6.66. The molecule has 10 heteroatoms. The van der Waals surface area contributed by atoms with E-state index in [2.05, 4.69) is 4.57 Å². The molecule has 1 fully saturated rings. The summed E-state index contributed by atoms with van der Waals surface area (Å²) < 4.78 is 46.3. The van der Waals surface area contributed by atoms with Crippen LogP contribution in [-0.2, 0) is 14.8 Å². The van der Waals surface area contributed by atoms with Gasteiger partial charge in [-0.1, -0.05) is 12.1 Å². The number of morpholine rings is 1. The molecular formula is C29H31N3O5S2. The van der Waals surface area contributed by atoms with E-state index in [-0.39, 0.29) is 4.90 Å². The van der Waals surface area contributed by atoms with Crippen LogP contribution in [0.5, 0.6) is 11.5 Å². The Kier molecular flexibility index (Phi) is 8.47. The van der Waals surface area contributed by atoms with Gasteiger partial charge in [-0.05, 0) is 80.1 Å². The van der Waals surface area contributed by atoms with E-state index < -0.39 is 10.0 Å². The maximum Gasteiger partial charge on any atom is 0.243 e. The number of ether oxygens (including phenoxy) is 3. The number of thiazole rings is 1. The van der Waals surface area contributed by atoms with Gasteiger partial charge in [-0.2, -0.15) is 4.31 Å². The van der Waals surface area contributed by atoms with E-state index in [1.807, 2.05) is 79.9 Å². The third kappa shape index (κ3) is 6.09. The molecule has 0 unspecified atom stereocenters. The molecule has 0 N–H and O–H groups in total. The van der Waals surface area contributed by atoms with Gasteiger partial charge in [0.15, 0.2) is 4.80 Å². The van der Waals surface area contributed by atoms with Gasteiger partial charge in [-0.15, -0.1) is 11.3 Å². The van der Waals surface area contributed by atoms with Crippen LogP contribution in [0.4, 0.5) is 5.69 Å². The van der Waals surface area contributed by atoms with Crippen LogP contribution in [0.2, 0.25) is 0 Å². The molecular weight excluding hydrogens is 534 g/mol. The zero-order valence-electron chi connectivity index (χ0n) is 21.9. The van der Waals surface area contributed by atoms with E-state index in [4.69, 9.17) is 19.2 Å². The Morgan fingerprint density at radius 3 is 2.03 bits per heavy atom. The van der Waals surface area contributed by atoms with Crippen molar-refractivity contribution >= 4 is 27.0 Å². The highest BCUT2D eigenvalue weighted by atomic mass is 32.2. The van der Waals surface area contributed by atoms with Crippen molar-refractivity contribution in [3.63, 3.8) is 0 Å². The van der Waals surface area contributed by atoms with Crippen LogP contribution in [-0.4, -0.2) is 56.8 Å². The molecule has 5 rings (SSSR count). The molecule has 1 aromatic heterocycles. The lowest BCUT2D eigenvalue weighted by Crippen LogP contribution is -2.40. The zero-order valence-corrected chi connectivity index (χ0v) is 23.6. The van der Waals surface area contributed by atoms with Gasteiger partial charge in [-0.3, -0.25) is 4.57 Å². The maximum absolute atomic E-state index is 13.1. The molecule has 8 nitrogen and oxygen atoms in total. The molecule has 204 valence electrons. The monoisotopic (exact) mass is 565 g/mol. The molecule has 1 aliphatic heterocycles. The van der Waals surface area contributed by atoms with E-state index in [0.29, 0.717) is 39.5 Å². The van der Waals surface area contributed by atoms with E-state index in [1.54, 1.807) is 12.1 Å². The van der Waals surface area contributed by atoms with Gasteiger partial charge >= 0.3 is 0 Å². The quantitative estimate of drug-likeness (QED) is 0.277. The van der Waals surface area contributed by atoms with Crippen LogP contribution in [0, 0.1) is 0 Å². The second kappa shape index (κ2) is 12.2. The van der Waals surface area contributed by atoms with Crippen LogP contribution >= 0.6 is 11.3 Å². The van der Waals surface area contributed by atoms with Gasteiger partial charge in [0, 0.05) is 24.2 Å². The molecule has 1 saturated heterocycles. The first-order valence-corrected chi connectivity index (χ1v) is 15.2. The number of benzene rings is 3. The predicted octanol–water partition coefficient (Wildman–Crippen LogP) is 5.26. The molecule has 1 aliphatic rings. The lowest BCUT2D eigenvalue weighted by atomic mass is 10.1. The van der Waals surface area contributed by atoms with Crippen LogP contribution in [0.25, 0.3) is 16.9 Å². The summed E-state index contributed by atoms with van der Waals surface area (Å²) in [5, 5.41) is 2.04. The van der Waals surface area contributed by atoms with Crippen molar-refractivity contribution in [2.75, 3.05) is 39.5 Å². The summed E-state index contributed by atoms with van der Waals surface area (Å²) in [5.74, 6) is 1.59. The van der Waals surface area contributed by atoms with Crippen molar-refractivity contribution in [3.8, 4) is 28.4 Å². The van der Waals surface area contributed by atoms with Crippen molar-refractivity contribution in [3.05, 3.63) is 83.0 Å². The summed E-state index contributed by atoms with van der Waals surface area (Å²) in [7, 11) is -3.57. The van der Waals surface area contributed by atoms with Crippen LogP contribution < -0.4 is 14.3 Å². The summed E-state index contributed by atoms with van der Waals surface area (Å²) in [6.07, 6.45) is 0. The second-order valence-corrected chi connectivity index (χ2v) is 11.5. The summed E-state index contributed by atoms with van der Waals surface area (Å²) in [4.78, 5) is 5.98. The fourth-order valence-electron chi connectivity index (χ4n) is 4.33. The zero-order chi connectivity index (χ0) is 27.2. The summed E-state index contributed by atoms with van der Waals surface area (Å²) >= 11 is 1.52. The highest BCUT2D eigenvalue weighted by Crippen LogP contribution is 2.28. The highest BCUT2D eigenvalue weighted by molar-refractivity contribution is 7.89. The molecule has 0 spiro atoms. The highest BCUT2D eigenvalue weighted by Gasteiger charge is 2.26. The topological polar surface area (TPSA) is 82.4 Å². The normalized spacial score (nSPS) is 14.9. The molecule has 3 aromatic carbocycles. The number of hydrogen-bond donors (Lipinski definition) is 0. The Bertz CT molecular complexity index is 1550. The number of rotatable bonds is 9. The van der Waals surface area contributed by atoms with Crippen molar-refractivity contribution < 1.29 is 22.6 Å². The van der Waals surface area contributed by atoms with Gasteiger partial charge in [0.05, 0.1) is 42.7 Å². The molecule has 0 aliphatic carbocycles. The number of nitrogens with zero attached hydrogens (tertiary/aromatic N) is 3. The van der Waals surface area contributed by atoms with E-state index in [9.17, 15) is 8.42 Å². The Labute approximate surface area is 232 Å². The Morgan fingerprint density at radius 1 is 0.846 bits per heavy atom. The third-order valence-corrected chi connectivity index (χ3v) is 8.98. The van der Waals surface area contributed by atoms with Crippen LogP contribution in [0.15, 0.2) is 88.1 Å². The van der Waals surface area contributed by atoms with Crippen LogP contribution in [0.3, 0.4) is 0 Å². The van der Waals surface area contributed by atoms with Gasteiger partial charge in [0.1, 0.15) is 11.5 Å². The lowest BCUT2D eigenvalue weighted by molar-refractivity contribution is 0.0730. The SMILES string of the molecule is CCOc1ccc(N=c2scc(-c3ccc(S(=O)(=O)N4CCOCC4)cc3)n2-c2ccc(OCC)cc2)cc1. The largest absolute Gasteiger partial charge is 0.494 e. The van der Waals surface area contributed by atoms with Crippen molar-refractivity contribution in [1.82, 2.24) is 8.87 Å². The number of aromatic nitrogens is 1. The minimum Gasteiger partial charge on any atom is -0.494 e. The third-order valence-electron chi connectivity index (χ3n) is 6.24. The Hall–Kier alpha value is -3.44. The van der Waals surface area contributed by atoms with Gasteiger partial charge in [0.25, 0.3) is 0 Å². The Balaban J connectivity index is 1.54. The summed E-state index contributed by atoms with van der Waals surface area (Å²) in [5.41, 5.74) is 3.52. The molecule has 4 aromatic rings. The molecule has 0 amide bonds.